The van der Waals surface area contributed by atoms with Crippen molar-refractivity contribution in [2.75, 3.05) is 38.2 Å². The van der Waals surface area contributed by atoms with Crippen molar-refractivity contribution in [3.8, 4) is 5.75 Å². The molecular formula is C25H35ClN2O3S. The molecule has 0 radical (unpaired) electrons. The van der Waals surface area contributed by atoms with Crippen molar-refractivity contribution < 1.29 is 14.6 Å². The minimum absolute atomic E-state index is 0.220. The number of aromatic nitrogens is 1. The van der Waals surface area contributed by atoms with Crippen LogP contribution in [0.4, 0.5) is 0 Å². The molecule has 2 heterocycles. The van der Waals surface area contributed by atoms with Gasteiger partial charge in [0.05, 0.1) is 23.6 Å². The van der Waals surface area contributed by atoms with Crippen molar-refractivity contribution in [3.63, 3.8) is 0 Å². The monoisotopic (exact) mass is 478 g/mol. The lowest BCUT2D eigenvalue weighted by atomic mass is 9.81. The maximum absolute atomic E-state index is 12.0. The van der Waals surface area contributed by atoms with E-state index in [0.717, 1.165) is 66.7 Å². The first-order valence-corrected chi connectivity index (χ1v) is 13.2. The standard InChI is InChI=1S/C25H35ClN2O3S/c1-3-4-13-32-14-12-28-11-10-18(22(17-28)25(29)30)6-5-7-20-21-15-19(31-2)8-9-24(21)27-16-23(20)26/h8-9,15-16,18,22H,3-7,10-14,17H2,1-2H3,(H,29,30). The maximum Gasteiger partial charge on any atom is 0.308 e. The molecule has 2 unspecified atom stereocenters. The smallest absolute Gasteiger partial charge is 0.308 e. The molecule has 1 aliphatic heterocycles. The number of thioether (sulfide) groups is 1. The molecule has 176 valence electrons. The van der Waals surface area contributed by atoms with E-state index in [2.05, 4.69) is 16.8 Å². The number of carboxylic acids is 1. The molecule has 2 atom stereocenters. The summed E-state index contributed by atoms with van der Waals surface area (Å²) in [5, 5.41) is 11.5. The van der Waals surface area contributed by atoms with Gasteiger partial charge in [0.1, 0.15) is 5.75 Å². The van der Waals surface area contributed by atoms with Crippen LogP contribution < -0.4 is 4.74 Å². The molecule has 0 saturated carbocycles. The highest BCUT2D eigenvalue weighted by molar-refractivity contribution is 7.99. The molecule has 1 saturated heterocycles. The van der Waals surface area contributed by atoms with E-state index in [4.69, 9.17) is 16.3 Å². The Hall–Kier alpha value is -1.50. The third kappa shape index (κ3) is 6.75. The number of ether oxygens (including phenoxy) is 1. The van der Waals surface area contributed by atoms with E-state index in [9.17, 15) is 9.90 Å². The normalized spacial score (nSPS) is 19.3. The van der Waals surface area contributed by atoms with Crippen LogP contribution in [0.1, 0.15) is 44.6 Å². The molecule has 2 aromatic rings. The predicted octanol–water partition coefficient (Wildman–Crippen LogP) is 5.78. The quantitative estimate of drug-likeness (QED) is 0.390. The number of benzene rings is 1. The van der Waals surface area contributed by atoms with Crippen LogP contribution in [0.25, 0.3) is 10.9 Å². The number of halogens is 1. The topological polar surface area (TPSA) is 62.7 Å². The van der Waals surface area contributed by atoms with Gasteiger partial charge >= 0.3 is 5.97 Å². The number of hydrogen-bond acceptors (Lipinski definition) is 5. The van der Waals surface area contributed by atoms with Gasteiger partial charge in [0.2, 0.25) is 0 Å². The van der Waals surface area contributed by atoms with Crippen molar-refractivity contribution in [2.24, 2.45) is 11.8 Å². The number of methoxy groups -OCH3 is 1. The van der Waals surface area contributed by atoms with Gasteiger partial charge in [-0.25, -0.2) is 0 Å². The molecule has 1 fully saturated rings. The minimum Gasteiger partial charge on any atom is -0.497 e. The van der Waals surface area contributed by atoms with E-state index in [1.165, 1.54) is 18.6 Å². The minimum atomic E-state index is -0.657. The number of nitrogens with zero attached hydrogens (tertiary/aromatic N) is 2. The Kier molecular flexibility index (Phi) is 9.94. The molecule has 3 rings (SSSR count). The molecule has 0 aliphatic carbocycles. The van der Waals surface area contributed by atoms with E-state index in [0.29, 0.717) is 11.6 Å². The number of unbranched alkanes of at least 4 members (excludes halogenated alkanes) is 1. The third-order valence-corrected chi connectivity index (χ3v) is 7.86. The van der Waals surface area contributed by atoms with Crippen molar-refractivity contribution in [2.45, 2.75) is 45.4 Å². The summed E-state index contributed by atoms with van der Waals surface area (Å²) in [6.45, 7) is 4.87. The van der Waals surface area contributed by atoms with Gasteiger partial charge < -0.3 is 14.7 Å². The fourth-order valence-electron chi connectivity index (χ4n) is 4.56. The summed E-state index contributed by atoms with van der Waals surface area (Å²) in [5.41, 5.74) is 1.97. The SMILES string of the molecule is CCCCSCCN1CCC(CCCc2c(Cl)cnc3ccc(OC)cc23)C(C(=O)O)C1. The molecule has 0 amide bonds. The van der Waals surface area contributed by atoms with Crippen molar-refractivity contribution in [1.29, 1.82) is 0 Å². The first kappa shape index (κ1) is 25.1. The summed E-state index contributed by atoms with van der Waals surface area (Å²) >= 11 is 8.48. The molecule has 0 spiro atoms. The Labute approximate surface area is 200 Å². The largest absolute Gasteiger partial charge is 0.497 e. The second kappa shape index (κ2) is 12.7. The highest BCUT2D eigenvalue weighted by atomic mass is 35.5. The van der Waals surface area contributed by atoms with Crippen LogP contribution in [0.5, 0.6) is 5.75 Å². The van der Waals surface area contributed by atoms with E-state index in [1.807, 2.05) is 30.0 Å². The maximum atomic E-state index is 12.0. The van der Waals surface area contributed by atoms with Crippen LogP contribution in [0.3, 0.4) is 0 Å². The zero-order valence-electron chi connectivity index (χ0n) is 19.2. The number of likely N-dealkylation sites (tertiary alicyclic amines) is 1. The number of piperidine rings is 1. The summed E-state index contributed by atoms with van der Waals surface area (Å²) in [5.74, 6) is 2.36. The lowest BCUT2D eigenvalue weighted by Crippen LogP contribution is -2.44. The average Bonchev–Trinajstić information content (AvgIpc) is 2.80. The lowest BCUT2D eigenvalue weighted by molar-refractivity contribution is -0.146. The number of carbonyl (C=O) groups is 1. The molecule has 1 aliphatic rings. The highest BCUT2D eigenvalue weighted by Gasteiger charge is 2.33. The third-order valence-electron chi connectivity index (χ3n) is 6.49. The van der Waals surface area contributed by atoms with E-state index in [1.54, 1.807) is 13.3 Å². The number of fused-ring (bicyclic) bond motifs is 1. The van der Waals surface area contributed by atoms with Gasteiger partial charge in [0.15, 0.2) is 0 Å². The summed E-state index contributed by atoms with van der Waals surface area (Å²) < 4.78 is 5.37. The van der Waals surface area contributed by atoms with Gasteiger partial charge in [0, 0.05) is 30.4 Å². The van der Waals surface area contributed by atoms with E-state index < -0.39 is 5.97 Å². The molecule has 1 aromatic carbocycles. The number of aliphatic carboxylic acids is 1. The van der Waals surface area contributed by atoms with Crippen LogP contribution in [-0.2, 0) is 11.2 Å². The van der Waals surface area contributed by atoms with Crippen LogP contribution >= 0.6 is 23.4 Å². The zero-order chi connectivity index (χ0) is 22.9. The molecule has 32 heavy (non-hydrogen) atoms. The lowest BCUT2D eigenvalue weighted by Gasteiger charge is -2.36. The van der Waals surface area contributed by atoms with Crippen LogP contribution in [0.15, 0.2) is 24.4 Å². The Balaban J connectivity index is 1.56. The first-order chi connectivity index (χ1) is 15.5. The molecule has 5 nitrogen and oxygen atoms in total. The van der Waals surface area contributed by atoms with Crippen LogP contribution in [0, 0.1) is 11.8 Å². The average molecular weight is 479 g/mol. The van der Waals surface area contributed by atoms with Crippen LogP contribution in [0.2, 0.25) is 5.02 Å². The summed E-state index contributed by atoms with van der Waals surface area (Å²) in [6.07, 6.45) is 7.78. The van der Waals surface area contributed by atoms with Gasteiger partial charge in [-0.1, -0.05) is 24.9 Å². The second-order valence-electron chi connectivity index (χ2n) is 8.62. The fourth-order valence-corrected chi connectivity index (χ4v) is 5.89. The first-order valence-electron chi connectivity index (χ1n) is 11.7. The summed E-state index contributed by atoms with van der Waals surface area (Å²) in [7, 11) is 1.65. The Morgan fingerprint density at radius 1 is 1.34 bits per heavy atom. The fraction of sp³-hybridized carbons (Fsp3) is 0.600. The zero-order valence-corrected chi connectivity index (χ0v) is 20.8. The highest BCUT2D eigenvalue weighted by Crippen LogP contribution is 2.32. The van der Waals surface area contributed by atoms with E-state index in [-0.39, 0.29) is 11.8 Å². The predicted molar refractivity (Wildman–Crippen MR) is 134 cm³/mol. The number of carboxylic acid groups (broad SMARTS) is 1. The van der Waals surface area contributed by atoms with Gasteiger partial charge in [0.25, 0.3) is 0 Å². The number of rotatable bonds is 12. The molecule has 7 heteroatoms. The molecule has 1 N–H and O–H groups in total. The van der Waals surface area contributed by atoms with Gasteiger partial charge in [-0.15, -0.1) is 0 Å². The number of pyridine rings is 1. The van der Waals surface area contributed by atoms with Crippen molar-refractivity contribution in [3.05, 3.63) is 35.0 Å². The van der Waals surface area contributed by atoms with Gasteiger partial charge in [-0.05, 0) is 74.1 Å². The van der Waals surface area contributed by atoms with Gasteiger partial charge in [-0.2, -0.15) is 11.8 Å². The van der Waals surface area contributed by atoms with Crippen molar-refractivity contribution >= 4 is 40.2 Å². The Morgan fingerprint density at radius 3 is 2.94 bits per heavy atom. The Morgan fingerprint density at radius 2 is 2.19 bits per heavy atom. The second-order valence-corrected chi connectivity index (χ2v) is 10.3. The molecule has 0 bridgehead atoms. The Bertz CT molecular complexity index is 895. The van der Waals surface area contributed by atoms with E-state index >= 15 is 0 Å². The molecule has 1 aromatic heterocycles. The molecular weight excluding hydrogens is 444 g/mol. The van der Waals surface area contributed by atoms with Gasteiger partial charge in [-0.3, -0.25) is 9.78 Å². The number of aryl methyl sites for hydroxylation is 1. The van der Waals surface area contributed by atoms with Crippen molar-refractivity contribution in [1.82, 2.24) is 9.88 Å². The van der Waals surface area contributed by atoms with Crippen LogP contribution in [-0.4, -0.2) is 59.2 Å². The number of hydrogen-bond donors (Lipinski definition) is 1. The summed E-state index contributed by atoms with van der Waals surface area (Å²) in [6, 6.07) is 5.84. The summed E-state index contributed by atoms with van der Waals surface area (Å²) in [4.78, 5) is 18.8.